The lowest BCUT2D eigenvalue weighted by molar-refractivity contribution is 0.568. The number of anilines is 2. The Morgan fingerprint density at radius 3 is 2.71 bits per heavy atom. The zero-order chi connectivity index (χ0) is 14.3. The summed E-state index contributed by atoms with van der Waals surface area (Å²) in [6.07, 6.45) is 3.05. The van der Waals surface area contributed by atoms with Crippen LogP contribution in [0.4, 0.5) is 11.4 Å². The molecule has 1 aliphatic rings. The number of benzene rings is 1. The van der Waals surface area contributed by atoms with E-state index in [-0.39, 0.29) is 17.4 Å². The lowest BCUT2D eigenvalue weighted by Crippen LogP contribution is -2.36. The number of hydrogen-bond donors (Lipinski definition) is 1. The standard InChI is InChI=1S/C13H16N4O2S.ClH/c1-16-13(7-8-15-16)20(18,19)17-9-3-4-10-11(14)5-2-6-12(10)17;/h2,5-8H,3-4,9,14H2,1H3;1H. The summed E-state index contributed by atoms with van der Waals surface area (Å²) in [6.45, 7) is 0.462. The van der Waals surface area contributed by atoms with E-state index in [0.717, 1.165) is 18.4 Å². The average Bonchev–Trinajstić information content (AvgIpc) is 2.85. The van der Waals surface area contributed by atoms with Gasteiger partial charge in [-0.05, 0) is 36.6 Å². The van der Waals surface area contributed by atoms with Crippen molar-refractivity contribution in [1.82, 2.24) is 9.78 Å². The molecule has 0 radical (unpaired) electrons. The largest absolute Gasteiger partial charge is 0.398 e. The van der Waals surface area contributed by atoms with Crippen LogP contribution in [0.3, 0.4) is 0 Å². The molecule has 1 aliphatic heterocycles. The van der Waals surface area contributed by atoms with Crippen molar-refractivity contribution in [1.29, 1.82) is 0 Å². The summed E-state index contributed by atoms with van der Waals surface area (Å²) >= 11 is 0. The molecule has 1 aromatic heterocycles. The quantitative estimate of drug-likeness (QED) is 0.848. The van der Waals surface area contributed by atoms with Gasteiger partial charge in [0.05, 0.1) is 11.9 Å². The number of halogens is 1. The van der Waals surface area contributed by atoms with Gasteiger partial charge in [0.15, 0.2) is 5.03 Å². The van der Waals surface area contributed by atoms with Crippen LogP contribution < -0.4 is 10.0 Å². The zero-order valence-corrected chi connectivity index (χ0v) is 13.2. The van der Waals surface area contributed by atoms with Crippen molar-refractivity contribution >= 4 is 33.8 Å². The molecule has 0 atom stereocenters. The zero-order valence-electron chi connectivity index (χ0n) is 11.6. The Kier molecular flexibility index (Phi) is 4.15. The van der Waals surface area contributed by atoms with Crippen molar-refractivity contribution < 1.29 is 8.42 Å². The molecule has 3 rings (SSSR count). The SMILES string of the molecule is Cl.Cn1nccc1S(=O)(=O)N1CCCc2c(N)cccc21. The van der Waals surface area contributed by atoms with Gasteiger partial charge >= 0.3 is 0 Å². The van der Waals surface area contributed by atoms with Crippen LogP contribution in [0.1, 0.15) is 12.0 Å². The van der Waals surface area contributed by atoms with Crippen LogP contribution in [0, 0.1) is 0 Å². The number of rotatable bonds is 2. The second kappa shape index (κ2) is 5.57. The van der Waals surface area contributed by atoms with Gasteiger partial charge in [-0.1, -0.05) is 6.07 Å². The van der Waals surface area contributed by atoms with E-state index in [2.05, 4.69) is 5.10 Å². The number of hydrogen-bond acceptors (Lipinski definition) is 4. The minimum Gasteiger partial charge on any atom is -0.398 e. The van der Waals surface area contributed by atoms with Crippen LogP contribution in [0.2, 0.25) is 0 Å². The van der Waals surface area contributed by atoms with Gasteiger partial charge in [-0.2, -0.15) is 13.5 Å². The first-order valence-corrected chi connectivity index (χ1v) is 7.84. The molecule has 0 bridgehead atoms. The molecule has 2 heterocycles. The van der Waals surface area contributed by atoms with E-state index in [1.807, 2.05) is 0 Å². The fourth-order valence-corrected chi connectivity index (χ4v) is 4.23. The normalized spacial score (nSPS) is 14.4. The highest BCUT2D eigenvalue weighted by atomic mass is 35.5. The van der Waals surface area contributed by atoms with E-state index in [1.54, 1.807) is 25.2 Å². The highest BCUT2D eigenvalue weighted by Crippen LogP contribution is 2.34. The van der Waals surface area contributed by atoms with Crippen LogP contribution in [-0.2, 0) is 23.5 Å². The van der Waals surface area contributed by atoms with Crippen LogP contribution in [-0.4, -0.2) is 24.7 Å². The fraction of sp³-hybridized carbons (Fsp3) is 0.308. The monoisotopic (exact) mass is 328 g/mol. The molecule has 0 amide bonds. The van der Waals surface area contributed by atoms with E-state index < -0.39 is 10.0 Å². The molecule has 0 saturated heterocycles. The molecule has 6 nitrogen and oxygen atoms in total. The minimum atomic E-state index is -3.60. The number of fused-ring (bicyclic) bond motifs is 1. The van der Waals surface area contributed by atoms with Crippen molar-refractivity contribution in [2.45, 2.75) is 17.9 Å². The third-order valence-electron chi connectivity index (χ3n) is 3.57. The van der Waals surface area contributed by atoms with Crippen molar-refractivity contribution in [3.63, 3.8) is 0 Å². The molecule has 2 aromatic rings. The molecule has 0 unspecified atom stereocenters. The summed E-state index contributed by atoms with van der Waals surface area (Å²) < 4.78 is 28.3. The molecule has 8 heteroatoms. The van der Waals surface area contributed by atoms with Crippen molar-refractivity contribution in [2.24, 2.45) is 7.05 Å². The minimum absolute atomic E-state index is 0. The van der Waals surface area contributed by atoms with Gasteiger partial charge in [0.2, 0.25) is 0 Å². The van der Waals surface area contributed by atoms with Crippen molar-refractivity contribution in [2.75, 3.05) is 16.6 Å². The van der Waals surface area contributed by atoms with Gasteiger partial charge in [-0.15, -0.1) is 12.4 Å². The Hall–Kier alpha value is -1.73. The van der Waals surface area contributed by atoms with Crippen LogP contribution in [0.5, 0.6) is 0 Å². The number of nitrogen functional groups attached to an aromatic ring is 1. The summed E-state index contributed by atoms with van der Waals surface area (Å²) in [5.74, 6) is 0. The third kappa shape index (κ3) is 2.47. The summed E-state index contributed by atoms with van der Waals surface area (Å²) in [5, 5.41) is 4.13. The molecular formula is C13H17ClN4O2S. The first kappa shape index (κ1) is 15.7. The fourth-order valence-electron chi connectivity index (χ4n) is 2.60. The predicted octanol–water partition coefficient (Wildman–Crippen LogP) is 1.57. The van der Waals surface area contributed by atoms with Crippen molar-refractivity contribution in [3.8, 4) is 0 Å². The average molecular weight is 329 g/mol. The molecule has 2 N–H and O–H groups in total. The lowest BCUT2D eigenvalue weighted by Gasteiger charge is -2.30. The second-order valence-corrected chi connectivity index (χ2v) is 6.63. The molecule has 0 fully saturated rings. The maximum absolute atomic E-state index is 12.8. The molecule has 0 aliphatic carbocycles. The van der Waals surface area contributed by atoms with Crippen LogP contribution in [0.25, 0.3) is 0 Å². The Morgan fingerprint density at radius 1 is 1.29 bits per heavy atom. The predicted molar refractivity (Wildman–Crippen MR) is 84.2 cm³/mol. The highest BCUT2D eigenvalue weighted by molar-refractivity contribution is 7.92. The first-order valence-electron chi connectivity index (χ1n) is 6.40. The summed E-state index contributed by atoms with van der Waals surface area (Å²) in [5.41, 5.74) is 8.19. The van der Waals surface area contributed by atoms with Crippen LogP contribution >= 0.6 is 12.4 Å². The molecule has 1 aromatic carbocycles. The van der Waals surface area contributed by atoms with E-state index in [1.165, 1.54) is 21.3 Å². The van der Waals surface area contributed by atoms with Gasteiger partial charge in [-0.3, -0.25) is 8.99 Å². The smallest absolute Gasteiger partial charge is 0.281 e. The number of nitrogens with zero attached hydrogens (tertiary/aromatic N) is 3. The van der Waals surface area contributed by atoms with E-state index in [9.17, 15) is 8.42 Å². The van der Waals surface area contributed by atoms with Gasteiger partial charge in [-0.25, -0.2) is 0 Å². The summed E-state index contributed by atoms with van der Waals surface area (Å²) in [6, 6.07) is 6.90. The molecule has 114 valence electrons. The summed E-state index contributed by atoms with van der Waals surface area (Å²) in [4.78, 5) is 0. The molecule has 0 saturated carbocycles. The third-order valence-corrected chi connectivity index (χ3v) is 5.46. The van der Waals surface area contributed by atoms with E-state index >= 15 is 0 Å². The van der Waals surface area contributed by atoms with Gasteiger partial charge in [0.1, 0.15) is 0 Å². The Bertz CT molecular complexity index is 757. The van der Waals surface area contributed by atoms with Crippen molar-refractivity contribution in [3.05, 3.63) is 36.0 Å². The molecule has 0 spiro atoms. The summed E-state index contributed by atoms with van der Waals surface area (Å²) in [7, 11) is -1.98. The first-order chi connectivity index (χ1) is 9.51. The van der Waals surface area contributed by atoms with Gasteiger partial charge in [0.25, 0.3) is 10.0 Å². The maximum Gasteiger partial charge on any atom is 0.281 e. The Morgan fingerprint density at radius 2 is 2.05 bits per heavy atom. The topological polar surface area (TPSA) is 81.2 Å². The molecule has 21 heavy (non-hydrogen) atoms. The highest BCUT2D eigenvalue weighted by Gasteiger charge is 2.31. The number of aromatic nitrogens is 2. The Balaban J connectivity index is 0.00000161. The Labute approximate surface area is 130 Å². The van der Waals surface area contributed by atoms with E-state index in [0.29, 0.717) is 17.9 Å². The van der Waals surface area contributed by atoms with E-state index in [4.69, 9.17) is 5.73 Å². The maximum atomic E-state index is 12.8. The number of aryl methyl sites for hydroxylation is 1. The second-order valence-electron chi connectivity index (χ2n) is 4.82. The van der Waals surface area contributed by atoms with Gasteiger partial charge in [0, 0.05) is 19.3 Å². The number of nitrogens with two attached hydrogens (primary N) is 1. The lowest BCUT2D eigenvalue weighted by atomic mass is 10.0. The number of sulfonamides is 1. The van der Waals surface area contributed by atoms with Crippen LogP contribution in [0.15, 0.2) is 35.5 Å². The van der Waals surface area contributed by atoms with Gasteiger partial charge < -0.3 is 5.73 Å². The molecular weight excluding hydrogens is 312 g/mol.